The molecule has 1 spiro atoms. The molecule has 32 heavy (non-hydrogen) atoms. The van der Waals surface area contributed by atoms with E-state index >= 15 is 0 Å². The van der Waals surface area contributed by atoms with Gasteiger partial charge in [-0.05, 0) is 58.3 Å². The number of rotatable bonds is 2. The van der Waals surface area contributed by atoms with Crippen LogP contribution in [0.4, 0.5) is 10.6 Å². The third-order valence-corrected chi connectivity index (χ3v) is 7.82. The van der Waals surface area contributed by atoms with Crippen molar-refractivity contribution in [1.82, 2.24) is 14.9 Å². The highest BCUT2D eigenvalue weighted by Gasteiger charge is 2.39. The van der Waals surface area contributed by atoms with Crippen LogP contribution in [0.15, 0.2) is 5.16 Å². The maximum absolute atomic E-state index is 12.4. The standard InChI is InChI=1S/C23H36N4O4S/c1-22(2,3)31-21(28)27-14-12-26(13-15-27)19-17-8-11-23(9-6-5-7-10-23)16-18(17)24-20(25-19)32(4,29)30/h5-16H2,1-4H3. The Labute approximate surface area is 191 Å². The second-order valence-electron chi connectivity index (χ2n) is 10.7. The Balaban J connectivity index is 1.58. The number of carbonyl (C=O) groups excluding carboxylic acids is 1. The quantitative estimate of drug-likeness (QED) is 0.620. The third kappa shape index (κ3) is 5.02. The van der Waals surface area contributed by atoms with Crippen LogP contribution in [0.2, 0.25) is 0 Å². The number of amides is 1. The van der Waals surface area contributed by atoms with Crippen LogP contribution < -0.4 is 4.90 Å². The minimum absolute atomic E-state index is 0.0753. The van der Waals surface area contributed by atoms with Gasteiger partial charge in [-0.1, -0.05) is 19.3 Å². The topological polar surface area (TPSA) is 92.7 Å². The lowest BCUT2D eigenvalue weighted by Crippen LogP contribution is -2.50. The maximum atomic E-state index is 12.4. The molecule has 4 rings (SSSR count). The molecule has 0 bridgehead atoms. The zero-order valence-corrected chi connectivity index (χ0v) is 20.6. The van der Waals surface area contributed by atoms with E-state index in [9.17, 15) is 13.2 Å². The molecule has 1 saturated carbocycles. The van der Waals surface area contributed by atoms with E-state index < -0.39 is 15.4 Å². The molecule has 8 nitrogen and oxygen atoms in total. The molecular weight excluding hydrogens is 428 g/mol. The number of fused-ring (bicyclic) bond motifs is 1. The molecule has 1 aliphatic heterocycles. The lowest BCUT2D eigenvalue weighted by molar-refractivity contribution is 0.0240. The first-order chi connectivity index (χ1) is 15.0. The molecule has 2 heterocycles. The second-order valence-corrected chi connectivity index (χ2v) is 12.6. The SMILES string of the molecule is CC(C)(C)OC(=O)N1CCN(c2nc(S(C)(=O)=O)nc3c2CCC2(CCCCC2)C3)CC1. The molecule has 1 saturated heterocycles. The van der Waals surface area contributed by atoms with Gasteiger partial charge < -0.3 is 14.5 Å². The number of hydrogen-bond donors (Lipinski definition) is 0. The number of ether oxygens (including phenoxy) is 1. The number of hydrogen-bond acceptors (Lipinski definition) is 7. The summed E-state index contributed by atoms with van der Waals surface area (Å²) >= 11 is 0. The summed E-state index contributed by atoms with van der Waals surface area (Å²) in [5.41, 5.74) is 1.75. The number of piperazine rings is 1. The second kappa shape index (κ2) is 8.47. The minimum atomic E-state index is -3.52. The van der Waals surface area contributed by atoms with Crippen molar-refractivity contribution in [2.24, 2.45) is 5.41 Å². The van der Waals surface area contributed by atoms with Crippen LogP contribution in [0.3, 0.4) is 0 Å². The summed E-state index contributed by atoms with van der Waals surface area (Å²) in [6.07, 6.45) is 9.92. The fourth-order valence-corrected chi connectivity index (χ4v) is 5.84. The van der Waals surface area contributed by atoms with Gasteiger partial charge in [-0.15, -0.1) is 0 Å². The minimum Gasteiger partial charge on any atom is -0.444 e. The smallest absolute Gasteiger partial charge is 0.410 e. The average molecular weight is 465 g/mol. The Bertz CT molecular complexity index is 972. The van der Waals surface area contributed by atoms with Gasteiger partial charge >= 0.3 is 6.09 Å². The third-order valence-electron chi connectivity index (χ3n) is 6.97. The Morgan fingerprint density at radius 3 is 2.25 bits per heavy atom. The van der Waals surface area contributed by atoms with Gasteiger partial charge in [0.25, 0.3) is 0 Å². The molecule has 0 radical (unpaired) electrons. The lowest BCUT2D eigenvalue weighted by Gasteiger charge is -2.42. The van der Waals surface area contributed by atoms with Gasteiger partial charge in [0.05, 0.1) is 5.69 Å². The van der Waals surface area contributed by atoms with Gasteiger partial charge in [-0.2, -0.15) is 0 Å². The van der Waals surface area contributed by atoms with Crippen LogP contribution in [-0.4, -0.2) is 67.4 Å². The molecule has 1 amide bonds. The van der Waals surface area contributed by atoms with Crippen LogP contribution >= 0.6 is 0 Å². The summed E-state index contributed by atoms with van der Waals surface area (Å²) < 4.78 is 30.3. The van der Waals surface area contributed by atoms with Gasteiger partial charge in [0.15, 0.2) is 0 Å². The van der Waals surface area contributed by atoms with Crippen molar-refractivity contribution in [2.45, 2.75) is 82.9 Å². The number of aromatic nitrogens is 2. The first kappa shape index (κ1) is 23.3. The van der Waals surface area contributed by atoms with Gasteiger partial charge in [0.2, 0.25) is 15.0 Å². The van der Waals surface area contributed by atoms with E-state index in [2.05, 4.69) is 14.9 Å². The lowest BCUT2D eigenvalue weighted by atomic mass is 9.65. The van der Waals surface area contributed by atoms with Gasteiger partial charge in [-0.3, -0.25) is 0 Å². The Kier molecular flexibility index (Phi) is 6.15. The van der Waals surface area contributed by atoms with Crippen LogP contribution in [-0.2, 0) is 27.4 Å². The molecule has 2 fully saturated rings. The Morgan fingerprint density at radius 2 is 1.66 bits per heavy atom. The Hall–Kier alpha value is -1.90. The normalized spacial score (nSPS) is 21.4. The maximum Gasteiger partial charge on any atom is 0.410 e. The molecule has 0 atom stereocenters. The number of nitrogens with zero attached hydrogens (tertiary/aromatic N) is 4. The van der Waals surface area contributed by atoms with Crippen LogP contribution in [0.1, 0.15) is 70.6 Å². The molecule has 3 aliphatic rings. The molecule has 0 aromatic carbocycles. The van der Waals surface area contributed by atoms with Gasteiger partial charge in [0.1, 0.15) is 11.4 Å². The average Bonchev–Trinajstić information content (AvgIpc) is 2.71. The molecular formula is C23H36N4O4S. The number of carbonyl (C=O) groups is 1. The molecule has 2 aliphatic carbocycles. The molecule has 9 heteroatoms. The zero-order chi connectivity index (χ0) is 23.1. The monoisotopic (exact) mass is 464 g/mol. The van der Waals surface area contributed by atoms with E-state index in [0.717, 1.165) is 36.3 Å². The van der Waals surface area contributed by atoms with E-state index in [1.165, 1.54) is 38.4 Å². The molecule has 0 N–H and O–H groups in total. The summed E-state index contributed by atoms with van der Waals surface area (Å²) in [7, 11) is -3.52. The van der Waals surface area contributed by atoms with Crippen LogP contribution in [0, 0.1) is 5.41 Å². The van der Waals surface area contributed by atoms with E-state index in [1.807, 2.05) is 20.8 Å². The highest BCUT2D eigenvalue weighted by molar-refractivity contribution is 7.90. The fourth-order valence-electron chi connectivity index (χ4n) is 5.31. The highest BCUT2D eigenvalue weighted by atomic mass is 32.2. The summed E-state index contributed by atoms with van der Waals surface area (Å²) in [5.74, 6) is 0.741. The van der Waals surface area contributed by atoms with Crippen molar-refractivity contribution in [3.05, 3.63) is 11.3 Å². The summed E-state index contributed by atoms with van der Waals surface area (Å²) in [5, 5.41) is -0.0753. The van der Waals surface area contributed by atoms with E-state index in [0.29, 0.717) is 26.2 Å². The number of anilines is 1. The van der Waals surface area contributed by atoms with E-state index in [4.69, 9.17) is 4.74 Å². The van der Waals surface area contributed by atoms with E-state index in [-0.39, 0.29) is 16.7 Å². The van der Waals surface area contributed by atoms with Crippen LogP contribution in [0.5, 0.6) is 0 Å². The Morgan fingerprint density at radius 1 is 1.00 bits per heavy atom. The van der Waals surface area contributed by atoms with Gasteiger partial charge in [-0.25, -0.2) is 23.2 Å². The molecule has 1 aromatic rings. The van der Waals surface area contributed by atoms with Crippen molar-refractivity contribution < 1.29 is 17.9 Å². The molecule has 0 unspecified atom stereocenters. The van der Waals surface area contributed by atoms with E-state index in [1.54, 1.807) is 4.90 Å². The predicted octanol–water partition coefficient (Wildman–Crippen LogP) is 3.38. The molecule has 178 valence electrons. The predicted molar refractivity (Wildman–Crippen MR) is 123 cm³/mol. The first-order valence-corrected chi connectivity index (χ1v) is 13.7. The van der Waals surface area contributed by atoms with Crippen molar-refractivity contribution in [3.8, 4) is 0 Å². The highest BCUT2D eigenvalue weighted by Crippen LogP contribution is 2.47. The largest absolute Gasteiger partial charge is 0.444 e. The molecule has 1 aromatic heterocycles. The summed E-state index contributed by atoms with van der Waals surface area (Å²) in [4.78, 5) is 25.4. The number of sulfone groups is 1. The van der Waals surface area contributed by atoms with Crippen molar-refractivity contribution in [1.29, 1.82) is 0 Å². The van der Waals surface area contributed by atoms with Crippen molar-refractivity contribution >= 4 is 21.7 Å². The summed E-state index contributed by atoms with van der Waals surface area (Å²) in [6.45, 7) is 7.81. The van der Waals surface area contributed by atoms with Crippen molar-refractivity contribution in [2.75, 3.05) is 37.3 Å². The zero-order valence-electron chi connectivity index (χ0n) is 19.8. The van der Waals surface area contributed by atoms with Crippen molar-refractivity contribution in [3.63, 3.8) is 0 Å². The van der Waals surface area contributed by atoms with Gasteiger partial charge in [0, 0.05) is 38.0 Å². The summed E-state index contributed by atoms with van der Waals surface area (Å²) in [6, 6.07) is 0. The van der Waals surface area contributed by atoms with Crippen LogP contribution in [0.25, 0.3) is 0 Å². The fraction of sp³-hybridized carbons (Fsp3) is 0.783. The first-order valence-electron chi connectivity index (χ1n) is 11.8.